The Morgan fingerprint density at radius 3 is 2.43 bits per heavy atom. The average molecular weight is 331 g/mol. The monoisotopic (exact) mass is 331 g/mol. The lowest BCUT2D eigenvalue weighted by atomic mass is 9.91. The first-order chi connectivity index (χ1) is 9.86. The zero-order chi connectivity index (χ0) is 15.5. The second-order valence-corrected chi connectivity index (χ2v) is 7.43. The van der Waals surface area contributed by atoms with Crippen LogP contribution in [0.15, 0.2) is 23.4 Å². The number of thiocarbonyl (C=S) groups is 1. The highest BCUT2D eigenvalue weighted by Crippen LogP contribution is 2.29. The molecule has 1 aromatic rings. The minimum absolute atomic E-state index is 0.136. The van der Waals surface area contributed by atoms with Crippen LogP contribution in [0.4, 0.5) is 4.39 Å². The van der Waals surface area contributed by atoms with Crippen LogP contribution in [-0.4, -0.2) is 23.9 Å². The third-order valence-corrected chi connectivity index (χ3v) is 5.64. The first kappa shape index (κ1) is 16.3. The molecule has 0 aromatic carbocycles. The van der Waals surface area contributed by atoms with Gasteiger partial charge in [-0.25, -0.2) is 12.8 Å². The molecule has 1 saturated carbocycles. The second kappa shape index (κ2) is 6.33. The van der Waals surface area contributed by atoms with Crippen LogP contribution in [0.5, 0.6) is 0 Å². The number of pyridine rings is 1. The summed E-state index contributed by atoms with van der Waals surface area (Å²) in [4.78, 5) is 3.49. The number of halogens is 1. The van der Waals surface area contributed by atoms with E-state index < -0.39 is 21.4 Å². The molecule has 1 aliphatic carbocycles. The van der Waals surface area contributed by atoms with Gasteiger partial charge in [0.25, 0.3) is 0 Å². The van der Waals surface area contributed by atoms with Gasteiger partial charge in [-0.05, 0) is 18.9 Å². The van der Waals surface area contributed by atoms with Crippen molar-refractivity contribution >= 4 is 27.2 Å². The Morgan fingerprint density at radius 1 is 1.29 bits per heavy atom. The topological polar surface area (TPSA) is 85.1 Å². The van der Waals surface area contributed by atoms with E-state index in [-0.39, 0.29) is 9.88 Å². The lowest BCUT2D eigenvalue weighted by molar-refractivity contribution is 0.440. The summed E-state index contributed by atoms with van der Waals surface area (Å²) >= 11 is 5.09. The van der Waals surface area contributed by atoms with E-state index in [2.05, 4.69) is 9.71 Å². The Kier molecular flexibility index (Phi) is 4.90. The summed E-state index contributed by atoms with van der Waals surface area (Å²) in [6, 6.07) is 0.930. The molecule has 0 aliphatic heterocycles. The summed E-state index contributed by atoms with van der Waals surface area (Å²) < 4.78 is 40.7. The molecule has 1 fully saturated rings. The SMILES string of the molecule is NC(=S)C1(NS(=O)(=O)c2cncc(F)c2)CCCCCC1. The Bertz CT molecular complexity index is 626. The van der Waals surface area contributed by atoms with E-state index in [1.807, 2.05) is 0 Å². The van der Waals surface area contributed by atoms with E-state index in [9.17, 15) is 12.8 Å². The van der Waals surface area contributed by atoms with Crippen LogP contribution in [0.2, 0.25) is 0 Å². The van der Waals surface area contributed by atoms with Crippen molar-refractivity contribution in [3.63, 3.8) is 0 Å². The van der Waals surface area contributed by atoms with Crippen molar-refractivity contribution in [1.82, 2.24) is 9.71 Å². The number of nitrogens with zero attached hydrogens (tertiary/aromatic N) is 1. The Labute approximate surface area is 129 Å². The fourth-order valence-electron chi connectivity index (χ4n) is 2.59. The molecule has 8 heteroatoms. The maximum Gasteiger partial charge on any atom is 0.243 e. The molecule has 0 spiro atoms. The zero-order valence-electron chi connectivity index (χ0n) is 11.5. The Balaban J connectivity index is 2.33. The van der Waals surface area contributed by atoms with Crippen LogP contribution in [-0.2, 0) is 10.0 Å². The van der Waals surface area contributed by atoms with Crippen LogP contribution in [0.3, 0.4) is 0 Å². The number of rotatable bonds is 4. The highest BCUT2D eigenvalue weighted by Gasteiger charge is 2.38. The molecule has 21 heavy (non-hydrogen) atoms. The molecule has 0 atom stereocenters. The van der Waals surface area contributed by atoms with Gasteiger partial charge in [-0.2, -0.15) is 4.72 Å². The van der Waals surface area contributed by atoms with Crippen LogP contribution in [0, 0.1) is 5.82 Å². The number of nitrogens with one attached hydrogen (secondary N) is 1. The summed E-state index contributed by atoms with van der Waals surface area (Å²) in [6.45, 7) is 0. The lowest BCUT2D eigenvalue weighted by Gasteiger charge is -2.32. The average Bonchev–Trinajstić information content (AvgIpc) is 2.65. The third kappa shape index (κ3) is 3.75. The summed E-state index contributed by atoms with van der Waals surface area (Å²) in [7, 11) is -3.92. The zero-order valence-corrected chi connectivity index (χ0v) is 13.1. The van der Waals surface area contributed by atoms with Gasteiger partial charge in [-0.1, -0.05) is 37.9 Å². The third-order valence-electron chi connectivity index (χ3n) is 3.75. The van der Waals surface area contributed by atoms with Crippen LogP contribution < -0.4 is 10.5 Å². The fraction of sp³-hybridized carbons (Fsp3) is 0.538. The van der Waals surface area contributed by atoms with Crippen molar-refractivity contribution in [1.29, 1.82) is 0 Å². The molecule has 116 valence electrons. The summed E-state index contributed by atoms with van der Waals surface area (Å²) in [5, 5.41) is 0. The molecule has 0 amide bonds. The summed E-state index contributed by atoms with van der Waals surface area (Å²) in [5.74, 6) is -0.705. The normalized spacial score (nSPS) is 18.9. The molecule has 0 radical (unpaired) electrons. The van der Waals surface area contributed by atoms with Crippen molar-refractivity contribution in [2.45, 2.75) is 49.0 Å². The molecule has 2 rings (SSSR count). The van der Waals surface area contributed by atoms with Crippen LogP contribution >= 0.6 is 12.2 Å². The Morgan fingerprint density at radius 2 is 1.90 bits per heavy atom. The Hall–Kier alpha value is -1.12. The lowest BCUT2D eigenvalue weighted by Crippen LogP contribution is -2.56. The molecule has 0 saturated heterocycles. The molecule has 1 heterocycles. The van der Waals surface area contributed by atoms with Crippen LogP contribution in [0.25, 0.3) is 0 Å². The van der Waals surface area contributed by atoms with Gasteiger partial charge in [-0.15, -0.1) is 0 Å². The smallest absolute Gasteiger partial charge is 0.243 e. The first-order valence-corrected chi connectivity index (χ1v) is 8.69. The van der Waals surface area contributed by atoms with Crippen molar-refractivity contribution < 1.29 is 12.8 Å². The van der Waals surface area contributed by atoms with E-state index in [1.54, 1.807) is 0 Å². The highest BCUT2D eigenvalue weighted by molar-refractivity contribution is 7.89. The van der Waals surface area contributed by atoms with Gasteiger partial charge in [0.15, 0.2) is 0 Å². The van der Waals surface area contributed by atoms with Gasteiger partial charge < -0.3 is 5.73 Å². The molecule has 1 aliphatic rings. The van der Waals surface area contributed by atoms with Crippen molar-refractivity contribution in [3.05, 3.63) is 24.3 Å². The minimum atomic E-state index is -3.92. The van der Waals surface area contributed by atoms with Crippen molar-refractivity contribution in [2.75, 3.05) is 0 Å². The predicted octanol–water partition coefficient (Wildman–Crippen LogP) is 1.88. The molecule has 3 N–H and O–H groups in total. The molecule has 0 unspecified atom stereocenters. The van der Waals surface area contributed by atoms with Gasteiger partial charge in [0.1, 0.15) is 10.7 Å². The maximum absolute atomic E-state index is 13.2. The number of aromatic nitrogens is 1. The van der Waals surface area contributed by atoms with Gasteiger partial charge in [0.05, 0.1) is 16.7 Å². The highest BCUT2D eigenvalue weighted by atomic mass is 32.2. The van der Waals surface area contributed by atoms with Crippen molar-refractivity contribution in [2.24, 2.45) is 5.73 Å². The van der Waals surface area contributed by atoms with Crippen LogP contribution in [0.1, 0.15) is 38.5 Å². The van der Waals surface area contributed by atoms with E-state index in [1.165, 1.54) is 0 Å². The maximum atomic E-state index is 13.2. The van der Waals surface area contributed by atoms with E-state index >= 15 is 0 Å². The number of hydrogen-bond acceptors (Lipinski definition) is 4. The first-order valence-electron chi connectivity index (χ1n) is 6.80. The summed E-state index contributed by atoms with van der Waals surface area (Å²) in [6.07, 6.45) is 6.92. The van der Waals surface area contributed by atoms with Gasteiger partial charge in [0.2, 0.25) is 10.0 Å². The van der Waals surface area contributed by atoms with Gasteiger partial charge in [-0.3, -0.25) is 4.98 Å². The van der Waals surface area contributed by atoms with Crippen molar-refractivity contribution in [3.8, 4) is 0 Å². The molecule has 0 bridgehead atoms. The number of sulfonamides is 1. The van der Waals surface area contributed by atoms with E-state index in [4.69, 9.17) is 18.0 Å². The van der Waals surface area contributed by atoms with Gasteiger partial charge >= 0.3 is 0 Å². The minimum Gasteiger partial charge on any atom is -0.392 e. The number of hydrogen-bond donors (Lipinski definition) is 2. The van der Waals surface area contributed by atoms with Gasteiger partial charge in [0, 0.05) is 6.20 Å². The number of nitrogens with two attached hydrogens (primary N) is 1. The fourth-order valence-corrected chi connectivity index (χ4v) is 4.32. The van der Waals surface area contributed by atoms with E-state index in [0.29, 0.717) is 12.8 Å². The largest absolute Gasteiger partial charge is 0.392 e. The molecule has 5 nitrogen and oxygen atoms in total. The predicted molar refractivity (Wildman–Crippen MR) is 81.7 cm³/mol. The van der Waals surface area contributed by atoms with E-state index in [0.717, 1.165) is 44.1 Å². The standard InChI is InChI=1S/C13H18FN3O2S2/c14-10-7-11(9-16-8-10)21(18,19)17-13(12(15)20)5-3-1-2-4-6-13/h7-9,17H,1-6H2,(H2,15,20). The molecule has 1 aromatic heterocycles. The molecular weight excluding hydrogens is 313 g/mol. The quantitative estimate of drug-likeness (QED) is 0.650. The molecular formula is C13H18FN3O2S2. The summed E-state index contributed by atoms with van der Waals surface area (Å²) in [5.41, 5.74) is 4.87. The second-order valence-electron chi connectivity index (χ2n) is 5.30.